The summed E-state index contributed by atoms with van der Waals surface area (Å²) in [6, 6.07) is 8.70. The van der Waals surface area contributed by atoms with Crippen LogP contribution >= 0.6 is 11.6 Å². The quantitative estimate of drug-likeness (QED) is 0.665. The average molecular weight is 431 g/mol. The third kappa shape index (κ3) is 4.87. The molecule has 1 fully saturated rings. The molecule has 1 N–H and O–H groups in total. The van der Waals surface area contributed by atoms with Crippen LogP contribution in [0.5, 0.6) is 11.5 Å². The standard InChI is InChI=1S/C23H27ClN2O4/c1-14(2)13-30-22-18(24)11-16(12-20(22)29-4)23(28)25-17-7-8-19(15(3)10-17)26-9-5-6-21(26)27/h7-8,10-12,14H,5-6,9,13H2,1-4H3,(H,25,28). The topological polar surface area (TPSA) is 67.9 Å². The first kappa shape index (κ1) is 22.0. The van der Waals surface area contributed by atoms with Crippen molar-refractivity contribution in [1.29, 1.82) is 0 Å². The van der Waals surface area contributed by atoms with E-state index in [0.717, 1.165) is 24.2 Å². The van der Waals surface area contributed by atoms with Gasteiger partial charge in [-0.3, -0.25) is 9.59 Å². The van der Waals surface area contributed by atoms with Gasteiger partial charge in [0, 0.05) is 29.9 Å². The highest BCUT2D eigenvalue weighted by molar-refractivity contribution is 6.32. The lowest BCUT2D eigenvalue weighted by Gasteiger charge is -2.19. The van der Waals surface area contributed by atoms with Gasteiger partial charge in [0.25, 0.3) is 5.91 Å². The molecule has 160 valence electrons. The maximum absolute atomic E-state index is 12.8. The highest BCUT2D eigenvalue weighted by atomic mass is 35.5. The number of hydrogen-bond acceptors (Lipinski definition) is 4. The van der Waals surface area contributed by atoms with Crippen LogP contribution in [0.1, 0.15) is 42.6 Å². The molecule has 0 aliphatic carbocycles. The highest BCUT2D eigenvalue weighted by Gasteiger charge is 2.23. The Morgan fingerprint density at radius 2 is 2.03 bits per heavy atom. The number of anilines is 2. The second-order valence-corrected chi connectivity index (χ2v) is 8.21. The van der Waals surface area contributed by atoms with Crippen molar-refractivity contribution in [3.8, 4) is 11.5 Å². The molecule has 2 aromatic carbocycles. The third-order valence-corrected chi connectivity index (χ3v) is 5.15. The molecule has 30 heavy (non-hydrogen) atoms. The van der Waals surface area contributed by atoms with E-state index in [-0.39, 0.29) is 11.8 Å². The first-order chi connectivity index (χ1) is 14.3. The molecule has 1 aliphatic heterocycles. The molecule has 0 unspecified atom stereocenters. The Balaban J connectivity index is 1.78. The van der Waals surface area contributed by atoms with Crippen molar-refractivity contribution in [2.75, 3.05) is 30.5 Å². The van der Waals surface area contributed by atoms with Gasteiger partial charge < -0.3 is 19.7 Å². The Bertz CT molecular complexity index is 958. The molecule has 1 saturated heterocycles. The summed E-state index contributed by atoms with van der Waals surface area (Å²) in [6.45, 7) is 7.23. The van der Waals surface area contributed by atoms with Crippen LogP contribution in [0.4, 0.5) is 11.4 Å². The average Bonchev–Trinajstić information content (AvgIpc) is 3.12. The second-order valence-electron chi connectivity index (χ2n) is 7.80. The number of nitrogens with one attached hydrogen (secondary N) is 1. The maximum Gasteiger partial charge on any atom is 0.255 e. The molecule has 0 radical (unpaired) electrons. The summed E-state index contributed by atoms with van der Waals surface area (Å²) in [5.41, 5.74) is 2.82. The molecular formula is C23H27ClN2O4. The van der Waals surface area contributed by atoms with E-state index in [9.17, 15) is 9.59 Å². The summed E-state index contributed by atoms with van der Waals surface area (Å²) in [4.78, 5) is 26.6. The van der Waals surface area contributed by atoms with Crippen molar-refractivity contribution in [3.05, 3.63) is 46.5 Å². The first-order valence-electron chi connectivity index (χ1n) is 10.0. The Morgan fingerprint density at radius 1 is 1.27 bits per heavy atom. The van der Waals surface area contributed by atoms with Crippen LogP contribution in [0.3, 0.4) is 0 Å². The van der Waals surface area contributed by atoms with Crippen LogP contribution in [0.15, 0.2) is 30.3 Å². The molecule has 0 atom stereocenters. The largest absolute Gasteiger partial charge is 0.493 e. The molecule has 0 spiro atoms. The highest BCUT2D eigenvalue weighted by Crippen LogP contribution is 2.37. The number of hydrogen-bond donors (Lipinski definition) is 1. The number of methoxy groups -OCH3 is 1. The lowest BCUT2D eigenvalue weighted by atomic mass is 10.1. The van der Waals surface area contributed by atoms with Gasteiger partial charge in [-0.25, -0.2) is 0 Å². The predicted molar refractivity (Wildman–Crippen MR) is 119 cm³/mol. The maximum atomic E-state index is 12.8. The van der Waals surface area contributed by atoms with Crippen LogP contribution in [0.2, 0.25) is 5.02 Å². The van der Waals surface area contributed by atoms with Crippen molar-refractivity contribution in [3.63, 3.8) is 0 Å². The molecular weight excluding hydrogens is 404 g/mol. The fourth-order valence-electron chi connectivity index (χ4n) is 3.38. The van der Waals surface area contributed by atoms with Crippen molar-refractivity contribution in [1.82, 2.24) is 0 Å². The van der Waals surface area contributed by atoms with Crippen LogP contribution in [0.25, 0.3) is 0 Å². The fourth-order valence-corrected chi connectivity index (χ4v) is 3.65. The summed E-state index contributed by atoms with van der Waals surface area (Å²) >= 11 is 6.35. The number of nitrogens with zero attached hydrogens (tertiary/aromatic N) is 1. The van der Waals surface area contributed by atoms with E-state index in [1.165, 1.54) is 7.11 Å². The monoisotopic (exact) mass is 430 g/mol. The van der Waals surface area contributed by atoms with Crippen molar-refractivity contribution < 1.29 is 19.1 Å². The number of aryl methyl sites for hydroxylation is 1. The smallest absolute Gasteiger partial charge is 0.255 e. The molecule has 0 saturated carbocycles. The molecule has 0 aromatic heterocycles. The molecule has 7 heteroatoms. The number of amides is 2. The van der Waals surface area contributed by atoms with Gasteiger partial charge in [0.15, 0.2) is 11.5 Å². The van der Waals surface area contributed by atoms with E-state index in [2.05, 4.69) is 5.32 Å². The number of rotatable bonds is 7. The summed E-state index contributed by atoms with van der Waals surface area (Å²) in [7, 11) is 1.51. The summed E-state index contributed by atoms with van der Waals surface area (Å²) in [5.74, 6) is 0.995. The Morgan fingerprint density at radius 3 is 2.63 bits per heavy atom. The number of halogens is 1. The van der Waals surface area contributed by atoms with Gasteiger partial charge in [-0.15, -0.1) is 0 Å². The first-order valence-corrected chi connectivity index (χ1v) is 10.4. The molecule has 3 rings (SSSR count). The fraction of sp³-hybridized carbons (Fsp3) is 0.391. The molecule has 2 aromatic rings. The van der Waals surface area contributed by atoms with Crippen LogP contribution in [-0.2, 0) is 4.79 Å². The van der Waals surface area contributed by atoms with E-state index < -0.39 is 0 Å². The SMILES string of the molecule is COc1cc(C(=O)Nc2ccc(N3CCCC3=O)c(C)c2)cc(Cl)c1OCC(C)C. The van der Waals surface area contributed by atoms with Gasteiger partial charge in [-0.1, -0.05) is 25.4 Å². The van der Waals surface area contributed by atoms with Crippen LogP contribution in [0, 0.1) is 12.8 Å². The Labute approximate surface area is 182 Å². The number of benzene rings is 2. The Hall–Kier alpha value is -2.73. The van der Waals surface area contributed by atoms with Gasteiger partial charge in [0.1, 0.15) is 0 Å². The van der Waals surface area contributed by atoms with Gasteiger partial charge >= 0.3 is 0 Å². The van der Waals surface area contributed by atoms with Gasteiger partial charge in [-0.2, -0.15) is 0 Å². The van der Waals surface area contributed by atoms with Gasteiger partial charge in [0.05, 0.1) is 18.7 Å². The molecule has 6 nitrogen and oxygen atoms in total. The van der Waals surface area contributed by atoms with Gasteiger partial charge in [-0.05, 0) is 55.2 Å². The van der Waals surface area contributed by atoms with Crippen molar-refractivity contribution >= 4 is 34.8 Å². The zero-order valence-corrected chi connectivity index (χ0v) is 18.5. The lowest BCUT2D eigenvalue weighted by molar-refractivity contribution is -0.117. The molecule has 1 aliphatic rings. The lowest BCUT2D eigenvalue weighted by Crippen LogP contribution is -2.24. The minimum absolute atomic E-state index is 0.136. The van der Waals surface area contributed by atoms with Crippen molar-refractivity contribution in [2.24, 2.45) is 5.92 Å². The molecule has 2 amide bonds. The van der Waals surface area contributed by atoms with E-state index in [4.69, 9.17) is 21.1 Å². The van der Waals surface area contributed by atoms with Crippen molar-refractivity contribution in [2.45, 2.75) is 33.6 Å². The normalized spacial score (nSPS) is 13.7. The Kier molecular flexibility index (Phi) is 6.87. The molecule has 0 bridgehead atoms. The van der Waals surface area contributed by atoms with E-state index in [1.807, 2.05) is 32.9 Å². The zero-order chi connectivity index (χ0) is 21.8. The van der Waals surface area contributed by atoms with Gasteiger partial charge in [0.2, 0.25) is 5.91 Å². The summed E-state index contributed by atoms with van der Waals surface area (Å²) < 4.78 is 11.1. The predicted octanol–water partition coefficient (Wildman–Crippen LogP) is 5.07. The number of ether oxygens (including phenoxy) is 2. The van der Waals surface area contributed by atoms with Crippen LogP contribution in [-0.4, -0.2) is 32.1 Å². The summed E-state index contributed by atoms with van der Waals surface area (Å²) in [6.07, 6.45) is 1.45. The minimum Gasteiger partial charge on any atom is -0.493 e. The second kappa shape index (κ2) is 9.39. The van der Waals surface area contributed by atoms with Crippen LogP contribution < -0.4 is 19.7 Å². The third-order valence-electron chi connectivity index (χ3n) is 4.87. The number of carbonyl (C=O) groups excluding carboxylic acids is 2. The summed E-state index contributed by atoms with van der Waals surface area (Å²) in [5, 5.41) is 3.20. The van der Waals surface area contributed by atoms with E-state index in [0.29, 0.717) is 46.7 Å². The van der Waals surface area contributed by atoms with E-state index in [1.54, 1.807) is 23.1 Å². The zero-order valence-electron chi connectivity index (χ0n) is 17.8. The van der Waals surface area contributed by atoms with E-state index >= 15 is 0 Å². The minimum atomic E-state index is -0.310. The number of carbonyl (C=O) groups is 2. The molecule has 1 heterocycles.